The van der Waals surface area contributed by atoms with Crippen molar-refractivity contribution in [1.82, 2.24) is 10.6 Å². The van der Waals surface area contributed by atoms with Gasteiger partial charge in [0, 0.05) is 11.3 Å². The molecular formula is C12H11Cl2N3O2S. The van der Waals surface area contributed by atoms with Crippen LogP contribution in [0.3, 0.4) is 0 Å². The van der Waals surface area contributed by atoms with Gasteiger partial charge in [-0.3, -0.25) is 14.6 Å². The van der Waals surface area contributed by atoms with Crippen molar-refractivity contribution in [2.75, 3.05) is 18.8 Å². The van der Waals surface area contributed by atoms with Gasteiger partial charge in [0.2, 0.25) is 5.91 Å². The van der Waals surface area contributed by atoms with Gasteiger partial charge in [0.15, 0.2) is 5.17 Å². The third kappa shape index (κ3) is 4.13. The third-order valence-corrected chi connectivity index (χ3v) is 4.05. The molecule has 0 aliphatic carbocycles. The Morgan fingerprint density at radius 1 is 1.30 bits per heavy atom. The molecule has 8 heteroatoms. The van der Waals surface area contributed by atoms with Gasteiger partial charge in [-0.2, -0.15) is 0 Å². The van der Waals surface area contributed by atoms with Crippen LogP contribution >= 0.6 is 35.0 Å². The fraction of sp³-hybridized carbons (Fsp3) is 0.250. The molecule has 0 saturated heterocycles. The van der Waals surface area contributed by atoms with E-state index in [1.54, 1.807) is 6.07 Å². The van der Waals surface area contributed by atoms with Crippen molar-refractivity contribution in [3.63, 3.8) is 0 Å². The Hall–Kier alpha value is -1.24. The summed E-state index contributed by atoms with van der Waals surface area (Å²) in [4.78, 5) is 27.5. The summed E-state index contributed by atoms with van der Waals surface area (Å²) in [6.07, 6.45) is 0. The van der Waals surface area contributed by atoms with Crippen LogP contribution in [0.1, 0.15) is 10.4 Å². The zero-order valence-electron chi connectivity index (χ0n) is 10.3. The molecule has 0 saturated carbocycles. The molecule has 0 bridgehead atoms. The number of hydrogen-bond donors (Lipinski definition) is 2. The Balaban J connectivity index is 1.85. The van der Waals surface area contributed by atoms with Gasteiger partial charge in [-0.1, -0.05) is 35.0 Å². The zero-order chi connectivity index (χ0) is 14.5. The van der Waals surface area contributed by atoms with Crippen LogP contribution in [0, 0.1) is 0 Å². The number of carbonyl (C=O) groups excluding carboxylic acids is 2. The van der Waals surface area contributed by atoms with Crippen molar-refractivity contribution in [3.8, 4) is 0 Å². The Morgan fingerprint density at radius 3 is 2.75 bits per heavy atom. The van der Waals surface area contributed by atoms with Crippen LogP contribution in [-0.4, -0.2) is 35.8 Å². The predicted octanol–water partition coefficient (Wildman–Crippen LogP) is 1.94. The first kappa shape index (κ1) is 15.2. The lowest BCUT2D eigenvalue weighted by molar-refractivity contribution is -0.118. The average Bonchev–Trinajstić information content (AvgIpc) is 2.92. The van der Waals surface area contributed by atoms with Gasteiger partial charge < -0.3 is 10.6 Å². The van der Waals surface area contributed by atoms with Gasteiger partial charge in [-0.05, 0) is 18.2 Å². The Bertz CT molecular complexity index is 578. The van der Waals surface area contributed by atoms with E-state index in [-0.39, 0.29) is 18.4 Å². The molecular weight excluding hydrogens is 321 g/mol. The molecule has 2 amide bonds. The monoisotopic (exact) mass is 331 g/mol. The number of nitrogens with zero attached hydrogens (tertiary/aromatic N) is 1. The van der Waals surface area contributed by atoms with Crippen LogP contribution < -0.4 is 10.6 Å². The summed E-state index contributed by atoms with van der Waals surface area (Å²) < 4.78 is 0. The number of benzene rings is 1. The van der Waals surface area contributed by atoms with Gasteiger partial charge in [0.05, 0.1) is 23.1 Å². The average molecular weight is 332 g/mol. The van der Waals surface area contributed by atoms with Crippen molar-refractivity contribution in [1.29, 1.82) is 0 Å². The van der Waals surface area contributed by atoms with E-state index in [9.17, 15) is 9.59 Å². The second kappa shape index (κ2) is 6.97. The first-order valence-corrected chi connectivity index (χ1v) is 7.51. The molecule has 0 fully saturated rings. The summed E-state index contributed by atoms with van der Waals surface area (Å²) in [6, 6.07) is 4.52. The molecule has 0 radical (unpaired) electrons. The van der Waals surface area contributed by atoms with Crippen molar-refractivity contribution >= 4 is 51.9 Å². The second-order valence-corrected chi connectivity index (χ2v) is 5.79. The van der Waals surface area contributed by atoms with Crippen LogP contribution in [0.25, 0.3) is 0 Å². The smallest absolute Gasteiger partial charge is 0.251 e. The zero-order valence-corrected chi connectivity index (χ0v) is 12.6. The van der Waals surface area contributed by atoms with Crippen molar-refractivity contribution in [2.45, 2.75) is 0 Å². The SMILES string of the molecule is O=C(CNC(=O)c1ccc(Cl)c(Cl)c1)NC1=NCCS1. The van der Waals surface area contributed by atoms with Gasteiger partial charge >= 0.3 is 0 Å². The summed E-state index contributed by atoms with van der Waals surface area (Å²) in [5.74, 6) is 0.164. The quantitative estimate of drug-likeness (QED) is 0.889. The summed E-state index contributed by atoms with van der Waals surface area (Å²) >= 11 is 13.1. The summed E-state index contributed by atoms with van der Waals surface area (Å²) in [5.41, 5.74) is 0.347. The number of carbonyl (C=O) groups is 2. The maximum Gasteiger partial charge on any atom is 0.251 e. The standard InChI is InChI=1S/C12H11Cl2N3O2S/c13-8-2-1-7(5-9(8)14)11(19)16-6-10(18)17-12-15-3-4-20-12/h1-2,5H,3-4,6H2,(H,16,19)(H,15,17,18). The minimum Gasteiger partial charge on any atom is -0.343 e. The highest BCUT2D eigenvalue weighted by Crippen LogP contribution is 2.22. The number of halogens is 2. The lowest BCUT2D eigenvalue weighted by Gasteiger charge is -2.07. The van der Waals surface area contributed by atoms with Gasteiger partial charge in [-0.15, -0.1) is 0 Å². The highest BCUT2D eigenvalue weighted by molar-refractivity contribution is 8.14. The Labute approximate surface area is 130 Å². The van der Waals surface area contributed by atoms with Gasteiger partial charge in [0.1, 0.15) is 0 Å². The van der Waals surface area contributed by atoms with E-state index in [0.717, 1.165) is 5.75 Å². The number of amidine groups is 1. The first-order valence-electron chi connectivity index (χ1n) is 5.76. The van der Waals surface area contributed by atoms with Crippen LogP contribution in [0.15, 0.2) is 23.2 Å². The van der Waals surface area contributed by atoms with E-state index >= 15 is 0 Å². The molecule has 2 rings (SSSR count). The van der Waals surface area contributed by atoms with Gasteiger partial charge in [-0.25, -0.2) is 0 Å². The maximum atomic E-state index is 11.8. The van der Waals surface area contributed by atoms with Crippen LogP contribution in [0.5, 0.6) is 0 Å². The number of rotatable bonds is 3. The van der Waals surface area contributed by atoms with E-state index in [0.29, 0.717) is 27.3 Å². The normalized spacial score (nSPS) is 13.8. The molecule has 2 N–H and O–H groups in total. The third-order valence-electron chi connectivity index (χ3n) is 2.42. The topological polar surface area (TPSA) is 70.6 Å². The van der Waals surface area contributed by atoms with Gasteiger partial charge in [0.25, 0.3) is 5.91 Å². The predicted molar refractivity (Wildman–Crippen MR) is 81.7 cm³/mol. The maximum absolute atomic E-state index is 11.8. The fourth-order valence-corrected chi connectivity index (χ4v) is 2.52. The van der Waals surface area contributed by atoms with Crippen molar-refractivity contribution in [3.05, 3.63) is 33.8 Å². The molecule has 1 heterocycles. The van der Waals surface area contributed by atoms with Crippen molar-refractivity contribution in [2.24, 2.45) is 4.99 Å². The molecule has 1 aromatic carbocycles. The van der Waals surface area contributed by atoms with Crippen LogP contribution in [-0.2, 0) is 4.79 Å². The number of amides is 2. The molecule has 106 valence electrons. The van der Waals surface area contributed by atoms with E-state index < -0.39 is 0 Å². The number of hydrogen-bond acceptors (Lipinski definition) is 4. The first-order chi connectivity index (χ1) is 9.56. The number of thioether (sulfide) groups is 1. The highest BCUT2D eigenvalue weighted by atomic mass is 35.5. The summed E-state index contributed by atoms with van der Waals surface area (Å²) in [7, 11) is 0. The number of nitrogens with one attached hydrogen (secondary N) is 2. The van der Waals surface area contributed by atoms with Crippen LogP contribution in [0.2, 0.25) is 10.0 Å². The van der Waals surface area contributed by atoms with E-state index in [4.69, 9.17) is 23.2 Å². The minimum absolute atomic E-state index is 0.126. The van der Waals surface area contributed by atoms with E-state index in [1.165, 1.54) is 23.9 Å². The van der Waals surface area contributed by atoms with E-state index in [2.05, 4.69) is 15.6 Å². The van der Waals surface area contributed by atoms with Crippen molar-refractivity contribution < 1.29 is 9.59 Å². The summed E-state index contributed by atoms with van der Waals surface area (Å²) in [5, 5.41) is 6.38. The van der Waals surface area contributed by atoms with Crippen LogP contribution in [0.4, 0.5) is 0 Å². The molecule has 0 aromatic heterocycles. The molecule has 20 heavy (non-hydrogen) atoms. The Morgan fingerprint density at radius 2 is 2.10 bits per heavy atom. The molecule has 0 unspecified atom stereocenters. The molecule has 0 spiro atoms. The summed E-state index contributed by atoms with van der Waals surface area (Å²) in [6.45, 7) is 0.578. The fourth-order valence-electron chi connectivity index (χ4n) is 1.47. The largest absolute Gasteiger partial charge is 0.343 e. The van der Waals surface area contributed by atoms with E-state index in [1.807, 2.05) is 0 Å². The number of aliphatic imine (C=N–C) groups is 1. The lowest BCUT2D eigenvalue weighted by Crippen LogP contribution is -2.38. The highest BCUT2D eigenvalue weighted by Gasteiger charge is 2.13. The molecule has 1 aliphatic rings. The second-order valence-electron chi connectivity index (χ2n) is 3.90. The molecule has 1 aliphatic heterocycles. The molecule has 5 nitrogen and oxygen atoms in total. The Kier molecular flexibility index (Phi) is 5.28. The molecule has 1 aromatic rings. The minimum atomic E-state index is -0.389. The molecule has 0 atom stereocenters. The lowest BCUT2D eigenvalue weighted by atomic mass is 10.2.